The summed E-state index contributed by atoms with van der Waals surface area (Å²) in [7, 11) is 0. The summed E-state index contributed by atoms with van der Waals surface area (Å²) in [6.07, 6.45) is 3.63. The number of rotatable bonds is 5. The molecule has 3 rings (SSSR count). The molecule has 0 aliphatic carbocycles. The molecule has 0 spiro atoms. The first kappa shape index (κ1) is 13.2. The van der Waals surface area contributed by atoms with E-state index >= 15 is 0 Å². The topological polar surface area (TPSA) is 55.6 Å². The van der Waals surface area contributed by atoms with Gasteiger partial charge in [-0.1, -0.05) is 24.3 Å². The smallest absolute Gasteiger partial charge is 0.258 e. The van der Waals surface area contributed by atoms with Crippen LogP contribution in [-0.2, 0) is 11.3 Å². The third-order valence-electron chi connectivity index (χ3n) is 3.10. The van der Waals surface area contributed by atoms with Crippen LogP contribution in [0.1, 0.15) is 5.56 Å². The summed E-state index contributed by atoms with van der Waals surface area (Å²) in [6, 6.07) is 15.1. The molecule has 0 fully saturated rings. The molecule has 0 radical (unpaired) electrons. The summed E-state index contributed by atoms with van der Waals surface area (Å²) in [6.45, 7) is 0.438. The average Bonchev–Trinajstić information content (AvgIpc) is 2.95. The van der Waals surface area contributed by atoms with Gasteiger partial charge in [-0.05, 0) is 24.3 Å². The summed E-state index contributed by atoms with van der Waals surface area (Å²) in [5.74, 6) is 0.526. The number of fused-ring (bicyclic) bond motifs is 1. The molecule has 1 aromatic carbocycles. The Morgan fingerprint density at radius 3 is 2.81 bits per heavy atom. The molecular formula is C16H15N3O2. The van der Waals surface area contributed by atoms with Gasteiger partial charge in [-0.2, -0.15) is 5.10 Å². The number of carbonyl (C=O) groups excluding carboxylic acids is 1. The van der Waals surface area contributed by atoms with Gasteiger partial charge < -0.3 is 10.1 Å². The second-order valence-electron chi connectivity index (χ2n) is 4.58. The molecule has 0 saturated heterocycles. The first-order valence-corrected chi connectivity index (χ1v) is 6.69. The van der Waals surface area contributed by atoms with E-state index in [2.05, 4.69) is 10.4 Å². The minimum atomic E-state index is -0.158. The summed E-state index contributed by atoms with van der Waals surface area (Å²) < 4.78 is 7.17. The molecule has 0 aliphatic rings. The molecule has 5 heteroatoms. The van der Waals surface area contributed by atoms with Gasteiger partial charge in [0.1, 0.15) is 5.75 Å². The predicted molar refractivity (Wildman–Crippen MR) is 79.0 cm³/mol. The van der Waals surface area contributed by atoms with Gasteiger partial charge in [-0.25, -0.2) is 4.52 Å². The van der Waals surface area contributed by atoms with E-state index in [1.807, 2.05) is 54.7 Å². The quantitative estimate of drug-likeness (QED) is 0.778. The van der Waals surface area contributed by atoms with Crippen LogP contribution in [-0.4, -0.2) is 22.1 Å². The molecule has 106 valence electrons. The highest BCUT2D eigenvalue weighted by molar-refractivity contribution is 5.77. The minimum absolute atomic E-state index is 0.00320. The zero-order chi connectivity index (χ0) is 14.5. The van der Waals surface area contributed by atoms with Crippen LogP contribution < -0.4 is 10.1 Å². The molecule has 2 aromatic heterocycles. The molecule has 0 aliphatic heterocycles. The third kappa shape index (κ3) is 3.20. The van der Waals surface area contributed by atoms with E-state index in [4.69, 9.17) is 4.74 Å². The second-order valence-corrected chi connectivity index (χ2v) is 4.58. The number of pyridine rings is 1. The summed E-state index contributed by atoms with van der Waals surface area (Å²) >= 11 is 0. The normalized spacial score (nSPS) is 10.5. The van der Waals surface area contributed by atoms with E-state index in [9.17, 15) is 4.79 Å². The van der Waals surface area contributed by atoms with Crippen LogP contribution in [0.4, 0.5) is 0 Å². The lowest BCUT2D eigenvalue weighted by atomic mass is 10.2. The molecule has 1 N–H and O–H groups in total. The lowest BCUT2D eigenvalue weighted by molar-refractivity contribution is -0.123. The number of aromatic nitrogens is 2. The molecule has 5 nitrogen and oxygen atoms in total. The molecular weight excluding hydrogens is 266 g/mol. The SMILES string of the molecule is O=C(COc1ccccc1)NCc1cnn2ccccc12. The van der Waals surface area contributed by atoms with Crippen molar-refractivity contribution in [2.24, 2.45) is 0 Å². The van der Waals surface area contributed by atoms with Gasteiger partial charge in [0.15, 0.2) is 6.61 Å². The number of para-hydroxylation sites is 1. The molecule has 2 heterocycles. The number of benzene rings is 1. The van der Waals surface area contributed by atoms with E-state index in [1.54, 1.807) is 10.7 Å². The Bertz CT molecular complexity index is 737. The monoisotopic (exact) mass is 281 g/mol. The number of nitrogens with zero attached hydrogens (tertiary/aromatic N) is 2. The van der Waals surface area contributed by atoms with Gasteiger partial charge >= 0.3 is 0 Å². The van der Waals surface area contributed by atoms with Crippen LogP contribution in [0.5, 0.6) is 5.75 Å². The van der Waals surface area contributed by atoms with Crippen LogP contribution in [0.25, 0.3) is 5.52 Å². The fraction of sp³-hybridized carbons (Fsp3) is 0.125. The molecule has 1 amide bonds. The molecule has 0 saturated carbocycles. The van der Waals surface area contributed by atoms with E-state index in [0.29, 0.717) is 12.3 Å². The molecule has 0 unspecified atom stereocenters. The van der Waals surface area contributed by atoms with Crippen molar-refractivity contribution in [2.45, 2.75) is 6.54 Å². The Morgan fingerprint density at radius 1 is 1.14 bits per heavy atom. The van der Waals surface area contributed by atoms with Crippen LogP contribution in [0.2, 0.25) is 0 Å². The lowest BCUT2D eigenvalue weighted by Crippen LogP contribution is -2.28. The maximum atomic E-state index is 11.8. The van der Waals surface area contributed by atoms with Crippen molar-refractivity contribution in [1.29, 1.82) is 0 Å². The first-order valence-electron chi connectivity index (χ1n) is 6.69. The van der Waals surface area contributed by atoms with Gasteiger partial charge in [-0.15, -0.1) is 0 Å². The van der Waals surface area contributed by atoms with Crippen LogP contribution in [0.3, 0.4) is 0 Å². The number of ether oxygens (including phenoxy) is 1. The highest BCUT2D eigenvalue weighted by Gasteiger charge is 2.06. The first-order chi connectivity index (χ1) is 10.3. The van der Waals surface area contributed by atoms with Gasteiger partial charge in [0.25, 0.3) is 5.91 Å². The molecule has 21 heavy (non-hydrogen) atoms. The zero-order valence-electron chi connectivity index (χ0n) is 11.4. The molecule has 3 aromatic rings. The fourth-order valence-corrected chi connectivity index (χ4v) is 2.03. The standard InChI is InChI=1S/C16H15N3O2/c20-16(12-21-14-6-2-1-3-7-14)17-10-13-11-18-19-9-5-4-8-15(13)19/h1-9,11H,10,12H2,(H,17,20). The largest absolute Gasteiger partial charge is 0.484 e. The van der Waals surface area contributed by atoms with E-state index < -0.39 is 0 Å². The summed E-state index contributed by atoms with van der Waals surface area (Å²) in [4.78, 5) is 11.8. The maximum Gasteiger partial charge on any atom is 0.258 e. The summed E-state index contributed by atoms with van der Waals surface area (Å²) in [5.41, 5.74) is 1.96. The van der Waals surface area contributed by atoms with Crippen molar-refractivity contribution in [3.05, 3.63) is 66.5 Å². The summed E-state index contributed by atoms with van der Waals surface area (Å²) in [5, 5.41) is 7.05. The lowest BCUT2D eigenvalue weighted by Gasteiger charge is -2.06. The maximum absolute atomic E-state index is 11.8. The number of hydrogen-bond acceptors (Lipinski definition) is 3. The van der Waals surface area contributed by atoms with Crippen molar-refractivity contribution in [2.75, 3.05) is 6.61 Å². The van der Waals surface area contributed by atoms with Gasteiger partial charge in [0, 0.05) is 18.3 Å². The van der Waals surface area contributed by atoms with E-state index in [-0.39, 0.29) is 12.5 Å². The Morgan fingerprint density at radius 2 is 1.95 bits per heavy atom. The van der Waals surface area contributed by atoms with E-state index in [0.717, 1.165) is 11.1 Å². The van der Waals surface area contributed by atoms with Crippen LogP contribution >= 0.6 is 0 Å². The fourth-order valence-electron chi connectivity index (χ4n) is 2.03. The van der Waals surface area contributed by atoms with Gasteiger partial charge in [0.2, 0.25) is 0 Å². The highest BCUT2D eigenvalue weighted by atomic mass is 16.5. The predicted octanol–water partition coefficient (Wildman–Crippen LogP) is 2.03. The van der Waals surface area contributed by atoms with Crippen molar-refractivity contribution in [3.63, 3.8) is 0 Å². The average molecular weight is 281 g/mol. The van der Waals surface area contributed by atoms with Crippen molar-refractivity contribution in [3.8, 4) is 5.75 Å². The molecule has 0 bridgehead atoms. The minimum Gasteiger partial charge on any atom is -0.484 e. The Hall–Kier alpha value is -2.82. The molecule has 0 atom stereocenters. The number of hydrogen-bond donors (Lipinski definition) is 1. The number of amides is 1. The van der Waals surface area contributed by atoms with Crippen LogP contribution in [0.15, 0.2) is 60.9 Å². The number of nitrogens with one attached hydrogen (secondary N) is 1. The zero-order valence-corrected chi connectivity index (χ0v) is 11.4. The van der Waals surface area contributed by atoms with Crippen molar-refractivity contribution in [1.82, 2.24) is 14.9 Å². The van der Waals surface area contributed by atoms with Gasteiger partial charge in [-0.3, -0.25) is 4.79 Å². The van der Waals surface area contributed by atoms with Crippen molar-refractivity contribution >= 4 is 11.4 Å². The van der Waals surface area contributed by atoms with Gasteiger partial charge in [0.05, 0.1) is 11.7 Å². The van der Waals surface area contributed by atoms with Crippen LogP contribution in [0, 0.1) is 0 Å². The van der Waals surface area contributed by atoms with E-state index in [1.165, 1.54) is 0 Å². The Kier molecular flexibility index (Phi) is 3.82. The Labute approximate surface area is 122 Å². The third-order valence-corrected chi connectivity index (χ3v) is 3.10. The highest BCUT2D eigenvalue weighted by Crippen LogP contribution is 2.10. The van der Waals surface area contributed by atoms with Crippen molar-refractivity contribution < 1.29 is 9.53 Å². The Balaban J connectivity index is 1.54. The second kappa shape index (κ2) is 6.09. The number of carbonyl (C=O) groups is 1.